The number of rotatable bonds is 6. The number of amides is 1. The predicted octanol–water partition coefficient (Wildman–Crippen LogP) is 5.81. The summed E-state index contributed by atoms with van der Waals surface area (Å²) in [7, 11) is 0. The maximum atomic E-state index is 12.7. The summed E-state index contributed by atoms with van der Waals surface area (Å²) in [6.07, 6.45) is 2.23. The molecule has 10 heteroatoms. The monoisotopic (exact) mass is 489 g/mol. The highest BCUT2D eigenvalue weighted by Gasteiger charge is 2.30. The molecule has 36 heavy (non-hydrogen) atoms. The van der Waals surface area contributed by atoms with Gasteiger partial charge in [-0.1, -0.05) is 12.1 Å². The number of anilines is 1. The van der Waals surface area contributed by atoms with E-state index in [0.29, 0.717) is 28.5 Å². The molecular weight excluding hydrogens is 471 g/mol. The van der Waals surface area contributed by atoms with E-state index in [4.69, 9.17) is 4.74 Å². The van der Waals surface area contributed by atoms with Crippen LogP contribution in [0.4, 0.5) is 18.9 Å². The number of carbonyl (C=O) groups excluding carboxylic acids is 1. The molecule has 2 aromatic carbocycles. The summed E-state index contributed by atoms with van der Waals surface area (Å²) in [6.45, 7) is 0. The fraction of sp³-hybridized carbons (Fsp3) is 0.0769. The van der Waals surface area contributed by atoms with Crippen LogP contribution in [0.1, 0.15) is 11.1 Å². The van der Waals surface area contributed by atoms with Crippen molar-refractivity contribution in [3.8, 4) is 17.3 Å². The topological polar surface area (TPSA) is 81.9 Å². The first-order valence-corrected chi connectivity index (χ1v) is 10.8. The maximum Gasteiger partial charge on any atom is 0.416 e. The predicted molar refractivity (Wildman–Crippen MR) is 127 cm³/mol. The van der Waals surface area contributed by atoms with Crippen molar-refractivity contribution in [2.45, 2.75) is 12.6 Å². The first-order valence-electron chi connectivity index (χ1n) is 10.8. The molecule has 1 N–H and O–H groups in total. The number of hydrogen-bond acceptors (Lipinski definition) is 5. The number of ether oxygens (including phenoxy) is 1. The second kappa shape index (κ2) is 9.49. The zero-order valence-corrected chi connectivity index (χ0v) is 18.6. The summed E-state index contributed by atoms with van der Waals surface area (Å²) in [5, 5.41) is 3.45. The van der Waals surface area contributed by atoms with Gasteiger partial charge in [-0.2, -0.15) is 13.2 Å². The minimum atomic E-state index is -4.41. The Labute approximate surface area is 203 Å². The number of carbonyl (C=O) groups is 1. The summed E-state index contributed by atoms with van der Waals surface area (Å²) < 4.78 is 45.9. The van der Waals surface area contributed by atoms with Crippen LogP contribution in [-0.2, 0) is 17.4 Å². The molecule has 180 valence electrons. The van der Waals surface area contributed by atoms with E-state index in [-0.39, 0.29) is 12.3 Å². The largest absolute Gasteiger partial charge is 0.438 e. The molecule has 0 aliphatic carbocycles. The number of pyridine rings is 1. The van der Waals surface area contributed by atoms with E-state index in [1.54, 1.807) is 36.7 Å². The van der Waals surface area contributed by atoms with Crippen molar-refractivity contribution in [2.24, 2.45) is 0 Å². The van der Waals surface area contributed by atoms with Gasteiger partial charge in [0.25, 0.3) is 0 Å². The van der Waals surface area contributed by atoms with Gasteiger partial charge < -0.3 is 14.6 Å². The van der Waals surface area contributed by atoms with Gasteiger partial charge in [-0.3, -0.25) is 9.78 Å². The van der Waals surface area contributed by atoms with Crippen molar-refractivity contribution in [3.63, 3.8) is 0 Å². The number of nitrogens with zero attached hydrogens (tertiary/aromatic N) is 4. The number of fused-ring (bicyclic) bond motifs is 1. The van der Waals surface area contributed by atoms with Gasteiger partial charge in [0.15, 0.2) is 5.65 Å². The SMILES string of the molecule is O=C(Cc1ccc(C(F)(F)F)cc1)Nc1ccc(Oc2ncnc3c2ccn3-c2ccncc2)cc1. The highest BCUT2D eigenvalue weighted by atomic mass is 19.4. The van der Waals surface area contributed by atoms with Crippen LogP contribution in [0.15, 0.2) is 91.6 Å². The molecule has 1 amide bonds. The van der Waals surface area contributed by atoms with Crippen LogP contribution in [0, 0.1) is 0 Å². The summed E-state index contributed by atoms with van der Waals surface area (Å²) in [5.41, 5.74) is 1.83. The third-order valence-electron chi connectivity index (χ3n) is 5.38. The summed E-state index contributed by atoms with van der Waals surface area (Å²) in [4.78, 5) is 25.0. The van der Waals surface area contributed by atoms with Gasteiger partial charge in [-0.25, -0.2) is 9.97 Å². The first kappa shape index (κ1) is 23.0. The Hall–Kier alpha value is -4.73. The Balaban J connectivity index is 1.25. The van der Waals surface area contributed by atoms with E-state index in [9.17, 15) is 18.0 Å². The highest BCUT2D eigenvalue weighted by molar-refractivity contribution is 5.92. The Morgan fingerprint density at radius 1 is 0.917 bits per heavy atom. The van der Waals surface area contributed by atoms with E-state index in [0.717, 1.165) is 23.2 Å². The van der Waals surface area contributed by atoms with Crippen molar-refractivity contribution in [1.29, 1.82) is 0 Å². The van der Waals surface area contributed by atoms with E-state index in [1.165, 1.54) is 18.5 Å². The molecule has 5 aromatic rings. The third-order valence-corrected chi connectivity index (χ3v) is 5.38. The number of aromatic nitrogens is 4. The van der Waals surface area contributed by atoms with Gasteiger partial charge in [0.2, 0.25) is 11.8 Å². The number of halogens is 3. The molecule has 5 rings (SSSR count). The smallest absolute Gasteiger partial charge is 0.416 e. The van der Waals surface area contributed by atoms with Gasteiger partial charge in [0.1, 0.15) is 12.1 Å². The molecule has 0 unspecified atom stereocenters. The molecule has 3 aromatic heterocycles. The minimum absolute atomic E-state index is 0.0518. The van der Waals surface area contributed by atoms with E-state index >= 15 is 0 Å². The van der Waals surface area contributed by atoms with Gasteiger partial charge in [0, 0.05) is 24.3 Å². The molecule has 0 bridgehead atoms. The van der Waals surface area contributed by atoms with E-state index < -0.39 is 11.7 Å². The van der Waals surface area contributed by atoms with Crippen LogP contribution < -0.4 is 10.1 Å². The Bertz CT molecular complexity index is 1500. The minimum Gasteiger partial charge on any atom is -0.438 e. The zero-order valence-electron chi connectivity index (χ0n) is 18.6. The molecule has 0 saturated carbocycles. The number of alkyl halides is 3. The summed E-state index contributed by atoms with van der Waals surface area (Å²) in [5.74, 6) is 0.540. The van der Waals surface area contributed by atoms with Gasteiger partial charge in [-0.15, -0.1) is 0 Å². The molecule has 0 aliphatic rings. The summed E-state index contributed by atoms with van der Waals surface area (Å²) >= 11 is 0. The fourth-order valence-electron chi connectivity index (χ4n) is 3.64. The van der Waals surface area contributed by atoms with Crippen LogP contribution in [-0.4, -0.2) is 25.4 Å². The van der Waals surface area contributed by atoms with Crippen molar-refractivity contribution >= 4 is 22.6 Å². The highest BCUT2D eigenvalue weighted by Crippen LogP contribution is 2.30. The fourth-order valence-corrected chi connectivity index (χ4v) is 3.64. The molecule has 7 nitrogen and oxygen atoms in total. The molecule has 0 atom stereocenters. The van der Waals surface area contributed by atoms with Gasteiger partial charge in [0.05, 0.1) is 23.1 Å². The Morgan fingerprint density at radius 2 is 1.64 bits per heavy atom. The maximum absolute atomic E-state index is 12.7. The van der Waals surface area contributed by atoms with Crippen LogP contribution in [0.25, 0.3) is 16.7 Å². The van der Waals surface area contributed by atoms with Gasteiger partial charge >= 0.3 is 6.18 Å². The Morgan fingerprint density at radius 3 is 2.33 bits per heavy atom. The molecule has 0 radical (unpaired) electrons. The number of benzene rings is 2. The molecule has 0 spiro atoms. The zero-order chi connectivity index (χ0) is 25.1. The normalized spacial score (nSPS) is 11.4. The standard InChI is InChI=1S/C26H18F3N5O2/c27-26(28,29)18-3-1-17(2-4-18)15-23(35)33-19-5-7-21(8-6-19)36-25-22-11-14-34(24(22)31-16-32-25)20-9-12-30-13-10-20/h1-14,16H,15H2,(H,33,35). The lowest BCUT2D eigenvalue weighted by atomic mass is 10.1. The van der Waals surface area contributed by atoms with E-state index in [1.807, 2.05) is 29.0 Å². The average Bonchev–Trinajstić information content (AvgIpc) is 3.31. The van der Waals surface area contributed by atoms with Crippen molar-refractivity contribution in [3.05, 3.63) is 103 Å². The van der Waals surface area contributed by atoms with Gasteiger partial charge in [-0.05, 0) is 60.2 Å². The molecular formula is C26H18F3N5O2. The van der Waals surface area contributed by atoms with E-state index in [2.05, 4.69) is 20.3 Å². The van der Waals surface area contributed by atoms with Crippen LogP contribution in [0.5, 0.6) is 11.6 Å². The lowest BCUT2D eigenvalue weighted by molar-refractivity contribution is -0.137. The number of nitrogens with one attached hydrogen (secondary N) is 1. The second-order valence-electron chi connectivity index (χ2n) is 7.85. The quantitative estimate of drug-likeness (QED) is 0.326. The average molecular weight is 489 g/mol. The van der Waals surface area contributed by atoms with Crippen molar-refractivity contribution < 1.29 is 22.7 Å². The molecule has 0 aliphatic heterocycles. The van der Waals surface area contributed by atoms with Crippen molar-refractivity contribution in [2.75, 3.05) is 5.32 Å². The third kappa shape index (κ3) is 5.02. The molecule has 0 fully saturated rings. The van der Waals surface area contributed by atoms with Crippen LogP contribution >= 0.6 is 0 Å². The Kier molecular flexibility index (Phi) is 6.07. The molecule has 0 saturated heterocycles. The lowest BCUT2D eigenvalue weighted by Gasteiger charge is -2.10. The summed E-state index contributed by atoms with van der Waals surface area (Å²) in [6, 6.07) is 16.8. The molecule has 3 heterocycles. The van der Waals surface area contributed by atoms with Crippen LogP contribution in [0.2, 0.25) is 0 Å². The first-order chi connectivity index (χ1) is 17.4. The van der Waals surface area contributed by atoms with Crippen LogP contribution in [0.3, 0.4) is 0 Å². The number of hydrogen-bond donors (Lipinski definition) is 1. The second-order valence-corrected chi connectivity index (χ2v) is 7.85. The lowest BCUT2D eigenvalue weighted by Crippen LogP contribution is -2.14. The van der Waals surface area contributed by atoms with Crippen molar-refractivity contribution in [1.82, 2.24) is 19.5 Å².